The normalized spacial score (nSPS) is 11.8. The number of rotatable bonds is 2. The summed E-state index contributed by atoms with van der Waals surface area (Å²) in [6.45, 7) is 1.91. The van der Waals surface area contributed by atoms with Crippen LogP contribution in [0.2, 0.25) is 5.02 Å². The molecule has 4 heteroatoms. The van der Waals surface area contributed by atoms with E-state index < -0.39 is 0 Å². The SMILES string of the molecule is Cc1cc(/C(N)=C(/C#N)c2cccs2)ccc1Cl. The van der Waals surface area contributed by atoms with Crippen LogP contribution < -0.4 is 5.73 Å². The third kappa shape index (κ3) is 2.40. The Morgan fingerprint density at radius 1 is 1.39 bits per heavy atom. The summed E-state index contributed by atoms with van der Waals surface area (Å²) < 4.78 is 0. The van der Waals surface area contributed by atoms with Crippen LogP contribution in [-0.4, -0.2) is 0 Å². The molecule has 0 radical (unpaired) electrons. The van der Waals surface area contributed by atoms with E-state index in [4.69, 9.17) is 17.3 Å². The summed E-state index contributed by atoms with van der Waals surface area (Å²) in [5.74, 6) is 0. The standard InChI is InChI=1S/C14H11ClN2S/c1-9-7-10(4-5-12(9)15)14(17)11(8-16)13-3-2-6-18-13/h2-7H,17H2,1H3/b14-11+. The van der Waals surface area contributed by atoms with Gasteiger partial charge in [-0.15, -0.1) is 11.3 Å². The van der Waals surface area contributed by atoms with E-state index in [0.29, 0.717) is 16.3 Å². The predicted octanol–water partition coefficient (Wildman–Crippen LogP) is 4.06. The Hall–Kier alpha value is -1.76. The summed E-state index contributed by atoms with van der Waals surface area (Å²) in [7, 11) is 0. The lowest BCUT2D eigenvalue weighted by atomic mass is 10.0. The van der Waals surface area contributed by atoms with Crippen molar-refractivity contribution in [3.63, 3.8) is 0 Å². The second-order valence-electron chi connectivity index (χ2n) is 3.84. The number of allylic oxidation sites excluding steroid dienone is 1. The Labute approximate surface area is 115 Å². The molecular formula is C14H11ClN2S. The van der Waals surface area contributed by atoms with Crippen molar-refractivity contribution >= 4 is 34.2 Å². The molecule has 2 N–H and O–H groups in total. The summed E-state index contributed by atoms with van der Waals surface area (Å²) in [4.78, 5) is 0.877. The topological polar surface area (TPSA) is 49.8 Å². The van der Waals surface area contributed by atoms with Gasteiger partial charge in [0.2, 0.25) is 0 Å². The number of benzene rings is 1. The van der Waals surface area contributed by atoms with Gasteiger partial charge in [0.05, 0.1) is 11.3 Å². The summed E-state index contributed by atoms with van der Waals surface area (Å²) in [6, 6.07) is 11.5. The van der Waals surface area contributed by atoms with E-state index in [2.05, 4.69) is 6.07 Å². The van der Waals surface area contributed by atoms with Crippen molar-refractivity contribution in [3.8, 4) is 6.07 Å². The molecule has 1 aromatic heterocycles. The molecule has 0 bridgehead atoms. The first kappa shape index (κ1) is 12.7. The fourth-order valence-electron chi connectivity index (χ4n) is 1.63. The van der Waals surface area contributed by atoms with Gasteiger partial charge in [-0.25, -0.2) is 0 Å². The molecule has 1 heterocycles. The zero-order chi connectivity index (χ0) is 13.1. The van der Waals surface area contributed by atoms with Gasteiger partial charge in [-0.3, -0.25) is 0 Å². The zero-order valence-electron chi connectivity index (χ0n) is 9.77. The fourth-order valence-corrected chi connectivity index (χ4v) is 2.48. The van der Waals surface area contributed by atoms with Crippen LogP contribution in [0.3, 0.4) is 0 Å². The second kappa shape index (κ2) is 5.26. The molecule has 0 saturated carbocycles. The minimum atomic E-state index is 0.486. The lowest BCUT2D eigenvalue weighted by Gasteiger charge is -2.06. The van der Waals surface area contributed by atoms with E-state index in [1.807, 2.05) is 36.6 Å². The monoisotopic (exact) mass is 274 g/mol. The number of hydrogen-bond donors (Lipinski definition) is 1. The van der Waals surface area contributed by atoms with Crippen LogP contribution in [0.15, 0.2) is 35.7 Å². The van der Waals surface area contributed by atoms with Gasteiger partial charge in [0, 0.05) is 9.90 Å². The Balaban J connectivity index is 2.54. The first-order chi connectivity index (χ1) is 8.63. The zero-order valence-corrected chi connectivity index (χ0v) is 11.3. The van der Waals surface area contributed by atoms with Gasteiger partial charge in [-0.1, -0.05) is 23.7 Å². The van der Waals surface area contributed by atoms with E-state index in [1.165, 1.54) is 11.3 Å². The van der Waals surface area contributed by atoms with Gasteiger partial charge in [0.25, 0.3) is 0 Å². The highest BCUT2D eigenvalue weighted by atomic mass is 35.5. The van der Waals surface area contributed by atoms with Gasteiger partial charge in [-0.2, -0.15) is 5.26 Å². The third-order valence-corrected chi connectivity index (χ3v) is 3.93. The van der Waals surface area contributed by atoms with Crippen LogP contribution in [0, 0.1) is 18.3 Å². The number of thiophene rings is 1. The third-order valence-electron chi connectivity index (χ3n) is 2.62. The van der Waals surface area contributed by atoms with Gasteiger partial charge in [-0.05, 0) is 41.6 Å². The Morgan fingerprint density at radius 3 is 2.72 bits per heavy atom. The van der Waals surface area contributed by atoms with Crippen molar-refractivity contribution in [1.82, 2.24) is 0 Å². The molecule has 0 aliphatic carbocycles. The fraction of sp³-hybridized carbons (Fsp3) is 0.0714. The Kier molecular flexibility index (Phi) is 3.71. The van der Waals surface area contributed by atoms with E-state index in [0.717, 1.165) is 16.0 Å². The first-order valence-electron chi connectivity index (χ1n) is 5.33. The lowest BCUT2D eigenvalue weighted by Crippen LogP contribution is -2.00. The van der Waals surface area contributed by atoms with Crippen LogP contribution in [-0.2, 0) is 0 Å². The van der Waals surface area contributed by atoms with Crippen LogP contribution >= 0.6 is 22.9 Å². The predicted molar refractivity (Wildman–Crippen MR) is 77.1 cm³/mol. The molecule has 2 aromatic rings. The number of aryl methyl sites for hydroxylation is 1. The number of hydrogen-bond acceptors (Lipinski definition) is 3. The molecule has 0 spiro atoms. The van der Waals surface area contributed by atoms with E-state index >= 15 is 0 Å². The number of halogens is 1. The maximum Gasteiger partial charge on any atom is 0.103 e. The quantitative estimate of drug-likeness (QED) is 0.840. The molecule has 1 aromatic carbocycles. The van der Waals surface area contributed by atoms with Crippen molar-refractivity contribution in [3.05, 3.63) is 56.7 Å². The van der Waals surface area contributed by atoms with Gasteiger partial charge >= 0.3 is 0 Å². The van der Waals surface area contributed by atoms with Crippen molar-refractivity contribution in [2.45, 2.75) is 6.92 Å². The molecule has 2 rings (SSSR count). The highest BCUT2D eigenvalue weighted by molar-refractivity contribution is 7.11. The summed E-state index contributed by atoms with van der Waals surface area (Å²) in [5, 5.41) is 11.9. The van der Waals surface area contributed by atoms with Crippen molar-refractivity contribution in [1.29, 1.82) is 5.26 Å². The summed E-state index contributed by atoms with van der Waals surface area (Å²) in [5.41, 5.74) is 8.84. The molecule has 0 aliphatic rings. The van der Waals surface area contributed by atoms with Crippen LogP contribution in [0.4, 0.5) is 0 Å². The Morgan fingerprint density at radius 2 is 2.17 bits per heavy atom. The van der Waals surface area contributed by atoms with Gasteiger partial charge in [0.1, 0.15) is 6.07 Å². The van der Waals surface area contributed by atoms with E-state index in [-0.39, 0.29) is 0 Å². The molecule has 90 valence electrons. The van der Waals surface area contributed by atoms with Crippen molar-refractivity contribution in [2.24, 2.45) is 5.73 Å². The molecule has 0 fully saturated rings. The molecule has 0 aliphatic heterocycles. The average Bonchev–Trinajstić information content (AvgIpc) is 2.87. The van der Waals surface area contributed by atoms with Crippen LogP contribution in [0.1, 0.15) is 16.0 Å². The highest BCUT2D eigenvalue weighted by Gasteiger charge is 2.10. The van der Waals surface area contributed by atoms with Gasteiger partial charge in [0.15, 0.2) is 0 Å². The summed E-state index contributed by atoms with van der Waals surface area (Å²) >= 11 is 7.48. The van der Waals surface area contributed by atoms with Gasteiger partial charge < -0.3 is 5.73 Å². The smallest absolute Gasteiger partial charge is 0.103 e. The maximum absolute atomic E-state index is 9.25. The first-order valence-corrected chi connectivity index (χ1v) is 6.59. The van der Waals surface area contributed by atoms with Crippen molar-refractivity contribution in [2.75, 3.05) is 0 Å². The Bertz CT molecular complexity index is 636. The molecule has 0 unspecified atom stereocenters. The molecule has 0 atom stereocenters. The molecule has 0 saturated heterocycles. The minimum absolute atomic E-state index is 0.486. The maximum atomic E-state index is 9.25. The largest absolute Gasteiger partial charge is 0.397 e. The second-order valence-corrected chi connectivity index (χ2v) is 5.20. The minimum Gasteiger partial charge on any atom is -0.397 e. The molecular weight excluding hydrogens is 264 g/mol. The highest BCUT2D eigenvalue weighted by Crippen LogP contribution is 2.27. The molecule has 0 amide bonds. The number of nitriles is 1. The van der Waals surface area contributed by atoms with E-state index in [1.54, 1.807) is 6.07 Å². The van der Waals surface area contributed by atoms with Crippen molar-refractivity contribution < 1.29 is 0 Å². The number of nitrogens with zero attached hydrogens (tertiary/aromatic N) is 1. The molecule has 2 nitrogen and oxygen atoms in total. The van der Waals surface area contributed by atoms with Crippen LogP contribution in [0.5, 0.6) is 0 Å². The summed E-state index contributed by atoms with van der Waals surface area (Å²) in [6.07, 6.45) is 0. The average molecular weight is 275 g/mol. The number of nitrogens with two attached hydrogens (primary N) is 1. The van der Waals surface area contributed by atoms with Crippen LogP contribution in [0.25, 0.3) is 11.3 Å². The van der Waals surface area contributed by atoms with E-state index in [9.17, 15) is 5.26 Å². The molecule has 18 heavy (non-hydrogen) atoms. The lowest BCUT2D eigenvalue weighted by molar-refractivity contribution is 1.42.